The molecule has 0 radical (unpaired) electrons. The first-order valence-electron chi connectivity index (χ1n) is 9.37. The van der Waals surface area contributed by atoms with Gasteiger partial charge in [-0.05, 0) is 37.1 Å². The monoisotopic (exact) mass is 491 g/mol. The van der Waals surface area contributed by atoms with Crippen LogP contribution in [0.3, 0.4) is 0 Å². The third-order valence-electron chi connectivity index (χ3n) is 4.94. The summed E-state index contributed by atoms with van der Waals surface area (Å²) in [6.45, 7) is 4.07. The van der Waals surface area contributed by atoms with E-state index in [0.29, 0.717) is 10.2 Å². The highest BCUT2D eigenvalue weighted by molar-refractivity contribution is 9.10. The van der Waals surface area contributed by atoms with Gasteiger partial charge in [-0.25, -0.2) is 4.98 Å². The fourth-order valence-corrected chi connectivity index (χ4v) is 4.37. The van der Waals surface area contributed by atoms with Crippen molar-refractivity contribution in [3.63, 3.8) is 0 Å². The van der Waals surface area contributed by atoms with Crippen molar-refractivity contribution in [2.75, 3.05) is 7.11 Å². The average Bonchev–Trinajstić information content (AvgIpc) is 3.02. The smallest absolute Gasteiger partial charge is 0.307 e. The SMILES string of the molecule is COC(=O)CC(NC(=O)CCn1cnc2sc(C)c(C)c2c1=O)c1ccc(Br)cc1. The van der Waals surface area contributed by atoms with Crippen LogP contribution in [0, 0.1) is 13.8 Å². The van der Waals surface area contributed by atoms with E-state index in [4.69, 9.17) is 4.74 Å². The number of nitrogens with zero attached hydrogens (tertiary/aromatic N) is 2. The molecule has 0 bridgehead atoms. The number of amides is 1. The average molecular weight is 492 g/mol. The number of halogens is 1. The zero-order valence-corrected chi connectivity index (χ0v) is 19.3. The van der Waals surface area contributed by atoms with Crippen molar-refractivity contribution in [1.82, 2.24) is 14.9 Å². The Labute approximate surface area is 186 Å². The summed E-state index contributed by atoms with van der Waals surface area (Å²) in [5, 5.41) is 3.48. The van der Waals surface area contributed by atoms with Crippen LogP contribution in [0.25, 0.3) is 10.2 Å². The first-order valence-corrected chi connectivity index (χ1v) is 11.0. The number of methoxy groups -OCH3 is 1. The van der Waals surface area contributed by atoms with Gasteiger partial charge in [0.2, 0.25) is 5.91 Å². The van der Waals surface area contributed by atoms with Crippen molar-refractivity contribution in [2.45, 2.75) is 39.3 Å². The van der Waals surface area contributed by atoms with Crippen molar-refractivity contribution in [3.8, 4) is 0 Å². The van der Waals surface area contributed by atoms with E-state index >= 15 is 0 Å². The van der Waals surface area contributed by atoms with Crippen LogP contribution in [0.15, 0.2) is 39.9 Å². The van der Waals surface area contributed by atoms with Gasteiger partial charge in [0.1, 0.15) is 4.83 Å². The molecule has 2 heterocycles. The van der Waals surface area contributed by atoms with Crippen LogP contribution in [-0.4, -0.2) is 28.5 Å². The van der Waals surface area contributed by atoms with Gasteiger partial charge < -0.3 is 10.1 Å². The van der Waals surface area contributed by atoms with E-state index in [2.05, 4.69) is 26.2 Å². The van der Waals surface area contributed by atoms with Crippen LogP contribution in [-0.2, 0) is 20.9 Å². The lowest BCUT2D eigenvalue weighted by Gasteiger charge is -2.18. The molecule has 30 heavy (non-hydrogen) atoms. The van der Waals surface area contributed by atoms with Gasteiger partial charge in [0.25, 0.3) is 5.56 Å². The van der Waals surface area contributed by atoms with Crippen LogP contribution in [0.4, 0.5) is 0 Å². The molecule has 9 heteroatoms. The molecule has 0 saturated heterocycles. The summed E-state index contributed by atoms with van der Waals surface area (Å²) in [5.74, 6) is -0.686. The molecule has 158 valence electrons. The molecule has 7 nitrogen and oxygen atoms in total. The third-order valence-corrected chi connectivity index (χ3v) is 6.59. The van der Waals surface area contributed by atoms with Gasteiger partial charge in [-0.3, -0.25) is 19.0 Å². The van der Waals surface area contributed by atoms with Gasteiger partial charge in [0.05, 0.1) is 31.3 Å². The number of carbonyl (C=O) groups excluding carboxylic acids is 2. The minimum atomic E-state index is -0.517. The minimum Gasteiger partial charge on any atom is -0.469 e. The number of thiophene rings is 1. The molecule has 0 aliphatic rings. The molecular formula is C21H22BrN3O4S. The van der Waals surface area contributed by atoms with Crippen LogP contribution >= 0.6 is 27.3 Å². The Hall–Kier alpha value is -2.52. The summed E-state index contributed by atoms with van der Waals surface area (Å²) < 4.78 is 7.11. The molecule has 1 unspecified atom stereocenters. The van der Waals surface area contributed by atoms with E-state index in [1.165, 1.54) is 29.3 Å². The first-order chi connectivity index (χ1) is 14.3. The molecule has 3 aromatic rings. The lowest BCUT2D eigenvalue weighted by atomic mass is 10.0. The second-order valence-corrected chi connectivity index (χ2v) is 9.03. The lowest BCUT2D eigenvalue weighted by Crippen LogP contribution is -2.32. The molecule has 0 fully saturated rings. The number of hydrogen-bond donors (Lipinski definition) is 1. The van der Waals surface area contributed by atoms with E-state index in [0.717, 1.165) is 20.5 Å². The highest BCUT2D eigenvalue weighted by atomic mass is 79.9. The molecule has 0 spiro atoms. The van der Waals surface area contributed by atoms with Gasteiger partial charge in [-0.2, -0.15) is 0 Å². The predicted molar refractivity (Wildman–Crippen MR) is 120 cm³/mol. The number of benzene rings is 1. The number of esters is 1. The Balaban J connectivity index is 1.72. The van der Waals surface area contributed by atoms with Gasteiger partial charge in [0.15, 0.2) is 0 Å². The molecular weight excluding hydrogens is 470 g/mol. The largest absolute Gasteiger partial charge is 0.469 e. The molecule has 0 saturated carbocycles. The topological polar surface area (TPSA) is 90.3 Å². The second-order valence-electron chi connectivity index (χ2n) is 6.91. The molecule has 1 atom stereocenters. The number of rotatable bonds is 7. The molecule has 0 aliphatic heterocycles. The van der Waals surface area contributed by atoms with Crippen LogP contribution in [0.5, 0.6) is 0 Å². The summed E-state index contributed by atoms with van der Waals surface area (Å²) >= 11 is 4.86. The maximum Gasteiger partial charge on any atom is 0.307 e. The number of ether oxygens (including phenoxy) is 1. The summed E-state index contributed by atoms with van der Waals surface area (Å²) in [7, 11) is 1.31. The lowest BCUT2D eigenvalue weighted by molar-refractivity contribution is -0.141. The van der Waals surface area contributed by atoms with Crippen molar-refractivity contribution in [3.05, 3.63) is 61.4 Å². The molecule has 2 aromatic heterocycles. The number of hydrogen-bond acceptors (Lipinski definition) is 6. The van der Waals surface area contributed by atoms with Gasteiger partial charge in [-0.1, -0.05) is 28.1 Å². The summed E-state index contributed by atoms with van der Waals surface area (Å²) in [4.78, 5) is 43.3. The van der Waals surface area contributed by atoms with Crippen molar-refractivity contribution in [2.24, 2.45) is 0 Å². The molecule has 3 rings (SSSR count). The highest BCUT2D eigenvalue weighted by Gasteiger charge is 2.19. The van der Waals surface area contributed by atoms with Crippen LogP contribution < -0.4 is 10.9 Å². The number of fused-ring (bicyclic) bond motifs is 1. The molecule has 1 aromatic carbocycles. The third kappa shape index (κ3) is 4.96. The number of nitrogens with one attached hydrogen (secondary N) is 1. The summed E-state index contributed by atoms with van der Waals surface area (Å²) in [6, 6.07) is 6.84. The van der Waals surface area contributed by atoms with E-state index in [-0.39, 0.29) is 30.9 Å². The second kappa shape index (κ2) is 9.53. The van der Waals surface area contributed by atoms with Crippen LogP contribution in [0.2, 0.25) is 0 Å². The normalized spacial score (nSPS) is 12.0. The predicted octanol–water partition coefficient (Wildman–Crippen LogP) is 3.65. The van der Waals surface area contributed by atoms with E-state index in [1.54, 1.807) is 0 Å². The minimum absolute atomic E-state index is 0.0186. The van der Waals surface area contributed by atoms with E-state index in [9.17, 15) is 14.4 Å². The standard InChI is InChI=1S/C21H22BrN3O4S/c1-12-13(2)30-20-19(12)21(28)25(11-23-20)9-8-17(26)24-16(10-18(27)29-3)14-4-6-15(22)7-5-14/h4-7,11,16H,8-10H2,1-3H3,(H,24,26). The summed E-state index contributed by atoms with van der Waals surface area (Å²) in [5.41, 5.74) is 1.58. The van der Waals surface area contributed by atoms with Crippen molar-refractivity contribution in [1.29, 1.82) is 0 Å². The van der Waals surface area contributed by atoms with Gasteiger partial charge in [-0.15, -0.1) is 11.3 Å². The maximum atomic E-state index is 12.8. The summed E-state index contributed by atoms with van der Waals surface area (Å²) in [6.07, 6.45) is 1.59. The van der Waals surface area contributed by atoms with E-state index < -0.39 is 12.0 Å². The Morgan fingerprint density at radius 2 is 1.97 bits per heavy atom. The van der Waals surface area contributed by atoms with Crippen molar-refractivity contribution >= 4 is 49.4 Å². The highest BCUT2D eigenvalue weighted by Crippen LogP contribution is 2.25. The Morgan fingerprint density at radius 1 is 1.27 bits per heavy atom. The number of aryl methyl sites for hydroxylation is 3. The number of aromatic nitrogens is 2. The first kappa shape index (κ1) is 22.2. The zero-order chi connectivity index (χ0) is 21.8. The van der Waals surface area contributed by atoms with Gasteiger partial charge >= 0.3 is 5.97 Å². The van der Waals surface area contributed by atoms with Gasteiger partial charge in [0, 0.05) is 22.3 Å². The molecule has 1 N–H and O–H groups in total. The number of carbonyl (C=O) groups is 2. The van der Waals surface area contributed by atoms with Crippen molar-refractivity contribution < 1.29 is 14.3 Å². The Bertz CT molecular complexity index is 1140. The Morgan fingerprint density at radius 3 is 2.63 bits per heavy atom. The van der Waals surface area contributed by atoms with E-state index in [1.807, 2.05) is 38.1 Å². The molecule has 0 aliphatic carbocycles. The van der Waals surface area contributed by atoms with Crippen LogP contribution in [0.1, 0.15) is 34.9 Å². The fraction of sp³-hybridized carbons (Fsp3) is 0.333. The maximum absolute atomic E-state index is 12.8. The quantitative estimate of drug-likeness (QED) is 0.509. The molecule has 1 amide bonds. The Kier molecular flexibility index (Phi) is 7.04. The zero-order valence-electron chi connectivity index (χ0n) is 16.9. The fourth-order valence-electron chi connectivity index (χ4n) is 3.12.